The molecule has 1 heteroatoms. The largest absolute Gasteiger partial charge is 0.392 e. The molecule has 1 nitrogen and oxygen atoms in total. The van der Waals surface area contributed by atoms with E-state index in [0.717, 1.165) is 18.4 Å². The molecule has 0 saturated heterocycles. The van der Waals surface area contributed by atoms with Gasteiger partial charge in [-0.05, 0) is 24.3 Å². The molecule has 0 amide bonds. The maximum atomic E-state index is 10.1. The second-order valence-electron chi connectivity index (χ2n) is 4.17. The Balaban J connectivity index is 2.23. The zero-order valence-corrected chi connectivity index (χ0v) is 8.61. The summed E-state index contributed by atoms with van der Waals surface area (Å²) in [7, 11) is 0. The monoisotopic (exact) mass is 191 g/mol. The Hall–Kier alpha value is -0.820. The quantitative estimate of drug-likeness (QED) is 0.762. The van der Waals surface area contributed by atoms with Crippen molar-refractivity contribution in [1.82, 2.24) is 0 Å². The molecule has 1 fully saturated rings. The van der Waals surface area contributed by atoms with E-state index in [1.54, 1.807) is 0 Å². The van der Waals surface area contributed by atoms with Crippen molar-refractivity contribution in [2.24, 2.45) is 5.92 Å². The van der Waals surface area contributed by atoms with E-state index in [-0.39, 0.29) is 5.92 Å². The molecule has 0 aromatic heterocycles. The molecule has 14 heavy (non-hydrogen) atoms. The Morgan fingerprint density at radius 1 is 1.36 bits per heavy atom. The number of benzene rings is 1. The lowest BCUT2D eigenvalue weighted by Gasteiger charge is -2.14. The average molecular weight is 191 g/mol. The average Bonchev–Trinajstić information content (AvgIpc) is 2.55. The van der Waals surface area contributed by atoms with Gasteiger partial charge in [0.2, 0.25) is 0 Å². The second kappa shape index (κ2) is 4.14. The molecule has 1 saturated carbocycles. The summed E-state index contributed by atoms with van der Waals surface area (Å²) in [5, 5.41) is 10.1. The van der Waals surface area contributed by atoms with Crippen molar-refractivity contribution in [2.75, 3.05) is 0 Å². The predicted octanol–water partition coefficient (Wildman–Crippen LogP) is 2.95. The van der Waals surface area contributed by atoms with Crippen molar-refractivity contribution in [3.63, 3.8) is 0 Å². The normalized spacial score (nSPS) is 38.3. The second-order valence-corrected chi connectivity index (χ2v) is 4.17. The molecule has 3 atom stereocenters. The van der Waals surface area contributed by atoms with Gasteiger partial charge < -0.3 is 5.11 Å². The first-order valence-electron chi connectivity index (χ1n) is 5.91. The molecule has 1 aromatic carbocycles. The van der Waals surface area contributed by atoms with E-state index in [2.05, 4.69) is 6.92 Å². The third-order valence-electron chi connectivity index (χ3n) is 3.25. The van der Waals surface area contributed by atoms with E-state index in [9.17, 15) is 5.11 Å². The van der Waals surface area contributed by atoms with Gasteiger partial charge in [0.1, 0.15) is 0 Å². The lowest BCUT2D eigenvalue weighted by molar-refractivity contribution is 0.160. The summed E-state index contributed by atoms with van der Waals surface area (Å²) in [5.74, 6) is 0.487. The molecule has 0 spiro atoms. The highest BCUT2D eigenvalue weighted by Crippen LogP contribution is 2.39. The molecule has 1 aliphatic rings. The van der Waals surface area contributed by atoms with Crippen LogP contribution < -0.4 is 0 Å². The third kappa shape index (κ3) is 1.83. The highest BCUT2D eigenvalue weighted by molar-refractivity contribution is 5.22. The predicted molar refractivity (Wildman–Crippen MR) is 58.2 cm³/mol. The van der Waals surface area contributed by atoms with Crippen molar-refractivity contribution >= 4 is 0 Å². The van der Waals surface area contributed by atoms with Gasteiger partial charge in [-0.25, -0.2) is 0 Å². The van der Waals surface area contributed by atoms with Crippen LogP contribution in [-0.4, -0.2) is 11.2 Å². The minimum Gasteiger partial charge on any atom is -0.392 e. The summed E-state index contributed by atoms with van der Waals surface area (Å²) < 4.78 is 7.97. The van der Waals surface area contributed by atoms with E-state index < -0.39 is 6.08 Å². The SMILES string of the molecule is [2H]C1(O)C[C@@H](CC)C[C@@H]1c1ccccc1. The van der Waals surface area contributed by atoms with Crippen LogP contribution in [0.3, 0.4) is 0 Å². The number of rotatable bonds is 2. The topological polar surface area (TPSA) is 20.2 Å². The number of hydrogen-bond acceptors (Lipinski definition) is 1. The van der Waals surface area contributed by atoms with Crippen LogP contribution in [0.25, 0.3) is 0 Å². The van der Waals surface area contributed by atoms with E-state index in [4.69, 9.17) is 1.37 Å². The summed E-state index contributed by atoms with van der Waals surface area (Å²) in [6, 6.07) is 9.96. The van der Waals surface area contributed by atoms with Gasteiger partial charge in [-0.3, -0.25) is 0 Å². The molecule has 76 valence electrons. The summed E-state index contributed by atoms with van der Waals surface area (Å²) in [6.07, 6.45) is 1.36. The Bertz CT molecular complexity index is 321. The summed E-state index contributed by atoms with van der Waals surface area (Å²) >= 11 is 0. The molecule has 2 rings (SSSR count). The zero-order valence-electron chi connectivity index (χ0n) is 9.61. The first-order valence-corrected chi connectivity index (χ1v) is 5.41. The van der Waals surface area contributed by atoms with Crippen molar-refractivity contribution in [1.29, 1.82) is 0 Å². The molecule has 0 bridgehead atoms. The van der Waals surface area contributed by atoms with Crippen molar-refractivity contribution in [2.45, 2.75) is 38.2 Å². The molecule has 1 unspecified atom stereocenters. The summed E-state index contributed by atoms with van der Waals surface area (Å²) in [5.41, 5.74) is 1.10. The van der Waals surface area contributed by atoms with Crippen LogP contribution >= 0.6 is 0 Å². The van der Waals surface area contributed by atoms with Gasteiger partial charge in [0.05, 0.1) is 7.45 Å². The maximum Gasteiger partial charge on any atom is 0.0611 e. The zero-order chi connectivity index (χ0) is 10.9. The molecular formula is C13H18O. The van der Waals surface area contributed by atoms with Gasteiger partial charge in [-0.2, -0.15) is 0 Å². The van der Waals surface area contributed by atoms with E-state index in [1.165, 1.54) is 0 Å². The molecule has 1 aliphatic carbocycles. The van der Waals surface area contributed by atoms with Crippen molar-refractivity contribution in [3.05, 3.63) is 35.9 Å². The van der Waals surface area contributed by atoms with Crippen LogP contribution in [0.4, 0.5) is 0 Å². The standard InChI is InChI=1S/C13H18O/c1-2-10-8-12(13(14)9-10)11-6-4-3-5-7-11/h3-7,10,12-14H,2,8-9H2,1H3/t10-,12+,13?/m0/s1/i13D. The first-order chi connectivity index (χ1) is 7.13. The highest BCUT2D eigenvalue weighted by Gasteiger charge is 2.32. The fourth-order valence-corrected chi connectivity index (χ4v) is 2.32. The molecule has 0 heterocycles. The lowest BCUT2D eigenvalue weighted by atomic mass is 9.95. The van der Waals surface area contributed by atoms with Crippen LogP contribution in [0.5, 0.6) is 0 Å². The minimum atomic E-state index is -1.26. The molecule has 1 aromatic rings. The fourth-order valence-electron chi connectivity index (χ4n) is 2.32. The fraction of sp³-hybridized carbons (Fsp3) is 0.538. The Morgan fingerprint density at radius 3 is 2.64 bits per heavy atom. The van der Waals surface area contributed by atoms with E-state index in [1.807, 2.05) is 30.3 Å². The van der Waals surface area contributed by atoms with E-state index >= 15 is 0 Å². The lowest BCUT2D eigenvalue weighted by Crippen LogP contribution is -2.10. The molecular weight excluding hydrogens is 172 g/mol. The van der Waals surface area contributed by atoms with Crippen LogP contribution in [0, 0.1) is 5.92 Å². The summed E-state index contributed by atoms with van der Waals surface area (Å²) in [6.45, 7) is 2.13. The van der Waals surface area contributed by atoms with Crippen molar-refractivity contribution < 1.29 is 6.48 Å². The van der Waals surface area contributed by atoms with Gasteiger partial charge in [0, 0.05) is 5.92 Å². The van der Waals surface area contributed by atoms with Crippen molar-refractivity contribution in [3.8, 4) is 0 Å². The molecule has 0 radical (unpaired) electrons. The van der Waals surface area contributed by atoms with Gasteiger partial charge in [0.15, 0.2) is 0 Å². The van der Waals surface area contributed by atoms with Crippen LogP contribution in [-0.2, 0) is 0 Å². The molecule has 1 N–H and O–H groups in total. The molecule has 0 aliphatic heterocycles. The van der Waals surface area contributed by atoms with Crippen LogP contribution in [0.1, 0.15) is 39.0 Å². The summed E-state index contributed by atoms with van der Waals surface area (Å²) in [4.78, 5) is 0. The number of aliphatic hydroxyl groups is 1. The van der Waals surface area contributed by atoms with Gasteiger partial charge >= 0.3 is 0 Å². The highest BCUT2D eigenvalue weighted by atomic mass is 16.3. The Labute approximate surface area is 87.2 Å². The Morgan fingerprint density at radius 2 is 2.07 bits per heavy atom. The van der Waals surface area contributed by atoms with Crippen LogP contribution in [0.15, 0.2) is 30.3 Å². The van der Waals surface area contributed by atoms with Gasteiger partial charge in [-0.15, -0.1) is 0 Å². The van der Waals surface area contributed by atoms with Crippen LogP contribution in [0.2, 0.25) is 0 Å². The smallest absolute Gasteiger partial charge is 0.0611 e. The minimum absolute atomic E-state index is 0.0105. The maximum absolute atomic E-state index is 10.1. The number of hydrogen-bond donors (Lipinski definition) is 1. The van der Waals surface area contributed by atoms with Gasteiger partial charge in [-0.1, -0.05) is 43.7 Å². The first kappa shape index (κ1) is 8.49. The Kier molecular flexibility index (Phi) is 2.51. The third-order valence-corrected chi connectivity index (χ3v) is 3.25. The van der Waals surface area contributed by atoms with Gasteiger partial charge in [0.25, 0.3) is 0 Å². The van der Waals surface area contributed by atoms with E-state index in [0.29, 0.717) is 12.3 Å².